The molecule has 1 aromatic heterocycles. The number of hydrogen-bond donors (Lipinski definition) is 1. The SMILES string of the molecule is CC(C)c1nc(N(CC(F)(F)F)C2CC2)sc1C(=O)O. The predicted molar refractivity (Wildman–Crippen MR) is 69.6 cm³/mol. The van der Waals surface area contributed by atoms with Crippen LogP contribution in [-0.4, -0.2) is 34.8 Å². The van der Waals surface area contributed by atoms with Gasteiger partial charge in [0.05, 0.1) is 5.69 Å². The lowest BCUT2D eigenvalue weighted by molar-refractivity contribution is -0.120. The summed E-state index contributed by atoms with van der Waals surface area (Å²) < 4.78 is 37.9. The molecule has 0 unspecified atom stereocenters. The van der Waals surface area contributed by atoms with Gasteiger partial charge in [0.1, 0.15) is 11.4 Å². The number of carboxylic acids is 1. The highest BCUT2D eigenvalue weighted by atomic mass is 32.1. The molecule has 0 spiro atoms. The van der Waals surface area contributed by atoms with Crippen molar-refractivity contribution in [1.82, 2.24) is 4.98 Å². The third-order valence-corrected chi connectivity index (χ3v) is 4.06. The summed E-state index contributed by atoms with van der Waals surface area (Å²) in [5.41, 5.74) is 0.352. The number of alkyl halides is 3. The first-order valence-corrected chi connectivity index (χ1v) is 7.08. The van der Waals surface area contributed by atoms with Gasteiger partial charge >= 0.3 is 12.1 Å². The van der Waals surface area contributed by atoms with Crippen LogP contribution in [0.3, 0.4) is 0 Å². The van der Waals surface area contributed by atoms with Crippen LogP contribution in [0.25, 0.3) is 0 Å². The third kappa shape index (κ3) is 3.41. The summed E-state index contributed by atoms with van der Waals surface area (Å²) in [5, 5.41) is 9.28. The molecule has 1 saturated carbocycles. The summed E-state index contributed by atoms with van der Waals surface area (Å²) in [7, 11) is 0. The second kappa shape index (κ2) is 5.23. The Hall–Kier alpha value is -1.31. The van der Waals surface area contributed by atoms with Gasteiger partial charge in [0, 0.05) is 6.04 Å². The number of halogens is 3. The Morgan fingerprint density at radius 2 is 2.10 bits per heavy atom. The number of nitrogens with zero attached hydrogens (tertiary/aromatic N) is 2. The number of anilines is 1. The van der Waals surface area contributed by atoms with E-state index in [9.17, 15) is 18.0 Å². The average molecular weight is 308 g/mol. The van der Waals surface area contributed by atoms with Crippen LogP contribution in [0.15, 0.2) is 0 Å². The fourth-order valence-corrected chi connectivity index (χ4v) is 3.05. The molecule has 1 aromatic rings. The Labute approximate surface area is 118 Å². The number of aromatic carboxylic acids is 1. The van der Waals surface area contributed by atoms with Crippen molar-refractivity contribution in [2.24, 2.45) is 0 Å². The summed E-state index contributed by atoms with van der Waals surface area (Å²) in [5.74, 6) is -1.28. The first kappa shape index (κ1) is 15.1. The molecule has 4 nitrogen and oxygen atoms in total. The zero-order valence-electron chi connectivity index (χ0n) is 11.1. The predicted octanol–water partition coefficient (Wildman–Crippen LogP) is 3.50. The minimum atomic E-state index is -4.32. The molecule has 112 valence electrons. The third-order valence-electron chi connectivity index (χ3n) is 2.97. The van der Waals surface area contributed by atoms with Crippen molar-refractivity contribution in [1.29, 1.82) is 0 Å². The van der Waals surface area contributed by atoms with Crippen molar-refractivity contribution in [3.8, 4) is 0 Å². The van der Waals surface area contributed by atoms with Gasteiger partial charge in [-0.25, -0.2) is 9.78 Å². The van der Waals surface area contributed by atoms with Crippen molar-refractivity contribution in [2.75, 3.05) is 11.4 Å². The molecular weight excluding hydrogens is 293 g/mol. The normalized spacial score (nSPS) is 15.7. The van der Waals surface area contributed by atoms with Crippen molar-refractivity contribution < 1.29 is 23.1 Å². The van der Waals surface area contributed by atoms with E-state index in [4.69, 9.17) is 5.11 Å². The van der Waals surface area contributed by atoms with Gasteiger partial charge in [0.2, 0.25) is 0 Å². The number of carboxylic acid groups (broad SMARTS) is 1. The van der Waals surface area contributed by atoms with E-state index in [1.54, 1.807) is 13.8 Å². The maximum atomic E-state index is 12.6. The molecule has 8 heteroatoms. The molecule has 1 aliphatic rings. The second-order valence-corrected chi connectivity index (χ2v) is 6.12. The summed E-state index contributed by atoms with van der Waals surface area (Å²) in [6, 6.07) is -0.176. The van der Waals surface area contributed by atoms with Gasteiger partial charge in [-0.2, -0.15) is 13.2 Å². The molecule has 2 rings (SSSR count). The number of rotatable bonds is 5. The standard InChI is InChI=1S/C12H15F3N2O2S/c1-6(2)8-9(10(18)19)20-11(16-8)17(7-3-4-7)5-12(13,14)15/h6-7H,3-5H2,1-2H3,(H,18,19). The van der Waals surface area contributed by atoms with Crippen LogP contribution >= 0.6 is 11.3 Å². The lowest BCUT2D eigenvalue weighted by Crippen LogP contribution is -2.35. The van der Waals surface area contributed by atoms with E-state index >= 15 is 0 Å². The van der Waals surface area contributed by atoms with E-state index in [2.05, 4.69) is 4.98 Å². The van der Waals surface area contributed by atoms with E-state index in [0.717, 1.165) is 11.3 Å². The highest BCUT2D eigenvalue weighted by Crippen LogP contribution is 2.38. The smallest absolute Gasteiger partial charge is 0.406 e. The van der Waals surface area contributed by atoms with Crippen LogP contribution < -0.4 is 4.90 Å². The number of aromatic nitrogens is 1. The zero-order chi connectivity index (χ0) is 15.1. The molecule has 1 aliphatic carbocycles. The van der Waals surface area contributed by atoms with E-state index in [0.29, 0.717) is 18.5 Å². The van der Waals surface area contributed by atoms with Crippen LogP contribution in [0.1, 0.15) is 48.0 Å². The van der Waals surface area contributed by atoms with E-state index < -0.39 is 18.7 Å². The Morgan fingerprint density at radius 1 is 1.50 bits per heavy atom. The summed E-state index contributed by atoms with van der Waals surface area (Å²) in [4.78, 5) is 16.5. The van der Waals surface area contributed by atoms with Gasteiger partial charge in [0.15, 0.2) is 5.13 Å². The van der Waals surface area contributed by atoms with Gasteiger partial charge in [-0.1, -0.05) is 25.2 Å². The van der Waals surface area contributed by atoms with Crippen molar-refractivity contribution in [3.63, 3.8) is 0 Å². The molecule has 0 aliphatic heterocycles. The van der Waals surface area contributed by atoms with Gasteiger partial charge in [0.25, 0.3) is 0 Å². The fourth-order valence-electron chi connectivity index (χ4n) is 1.92. The van der Waals surface area contributed by atoms with Gasteiger partial charge in [-0.05, 0) is 18.8 Å². The van der Waals surface area contributed by atoms with Crippen LogP contribution in [0, 0.1) is 0 Å². The van der Waals surface area contributed by atoms with Crippen molar-refractivity contribution in [2.45, 2.75) is 44.8 Å². The van der Waals surface area contributed by atoms with Crippen molar-refractivity contribution >= 4 is 22.4 Å². The van der Waals surface area contributed by atoms with Crippen LogP contribution in [0.2, 0.25) is 0 Å². The highest BCUT2D eigenvalue weighted by Gasteiger charge is 2.40. The van der Waals surface area contributed by atoms with Gasteiger partial charge in [-0.15, -0.1) is 0 Å². The maximum Gasteiger partial charge on any atom is 0.406 e. The van der Waals surface area contributed by atoms with E-state index in [1.807, 2.05) is 0 Å². The van der Waals surface area contributed by atoms with Crippen LogP contribution in [-0.2, 0) is 0 Å². The van der Waals surface area contributed by atoms with Crippen molar-refractivity contribution in [3.05, 3.63) is 10.6 Å². The molecule has 1 fully saturated rings. The van der Waals surface area contributed by atoms with Crippen LogP contribution in [0.4, 0.5) is 18.3 Å². The minimum absolute atomic E-state index is 0.0304. The maximum absolute atomic E-state index is 12.6. The molecule has 20 heavy (non-hydrogen) atoms. The van der Waals surface area contributed by atoms with E-state index in [1.165, 1.54) is 4.90 Å². The molecule has 0 bridgehead atoms. The first-order valence-electron chi connectivity index (χ1n) is 6.26. The monoisotopic (exact) mass is 308 g/mol. The Kier molecular flexibility index (Phi) is 3.95. The number of hydrogen-bond acceptors (Lipinski definition) is 4. The van der Waals surface area contributed by atoms with Gasteiger partial charge < -0.3 is 10.0 Å². The zero-order valence-corrected chi connectivity index (χ0v) is 11.9. The molecule has 1 N–H and O–H groups in total. The summed E-state index contributed by atoms with van der Waals surface area (Å²) >= 11 is 0.828. The average Bonchev–Trinajstić information content (AvgIpc) is 3.02. The molecule has 0 radical (unpaired) electrons. The molecule has 0 amide bonds. The summed E-state index contributed by atoms with van der Waals surface area (Å²) in [6.45, 7) is 2.47. The van der Waals surface area contributed by atoms with E-state index in [-0.39, 0.29) is 22.0 Å². The quantitative estimate of drug-likeness (QED) is 0.904. The second-order valence-electron chi connectivity index (χ2n) is 5.14. The Morgan fingerprint density at radius 3 is 2.45 bits per heavy atom. The minimum Gasteiger partial charge on any atom is -0.477 e. The fraction of sp³-hybridized carbons (Fsp3) is 0.667. The largest absolute Gasteiger partial charge is 0.477 e. The lowest BCUT2D eigenvalue weighted by atomic mass is 10.1. The number of carbonyl (C=O) groups is 1. The molecule has 0 aromatic carbocycles. The first-order chi connectivity index (χ1) is 9.19. The lowest BCUT2D eigenvalue weighted by Gasteiger charge is -2.22. The Balaban J connectivity index is 2.34. The van der Waals surface area contributed by atoms with Gasteiger partial charge in [-0.3, -0.25) is 0 Å². The molecule has 0 atom stereocenters. The van der Waals surface area contributed by atoms with Crippen LogP contribution in [0.5, 0.6) is 0 Å². The molecular formula is C12H15F3N2O2S. The number of thiazole rings is 1. The topological polar surface area (TPSA) is 53.4 Å². The molecule has 0 saturated heterocycles. The molecule has 1 heterocycles. The summed E-state index contributed by atoms with van der Waals surface area (Å²) in [6.07, 6.45) is -2.94. The Bertz CT molecular complexity index is 509. The highest BCUT2D eigenvalue weighted by molar-refractivity contribution is 7.17.